The van der Waals surface area contributed by atoms with Gasteiger partial charge in [-0.2, -0.15) is 0 Å². The van der Waals surface area contributed by atoms with E-state index >= 15 is 0 Å². The SMILES string of the molecule is COc1ccc(F)cc1C(N)C1CCCCCC1. The number of methoxy groups -OCH3 is 1. The van der Waals surface area contributed by atoms with E-state index < -0.39 is 0 Å². The zero-order valence-corrected chi connectivity index (χ0v) is 11.0. The molecule has 2 nitrogen and oxygen atoms in total. The molecule has 1 atom stereocenters. The first-order valence-electron chi connectivity index (χ1n) is 6.81. The number of hydrogen-bond donors (Lipinski definition) is 1. The van der Waals surface area contributed by atoms with E-state index in [2.05, 4.69) is 0 Å². The van der Waals surface area contributed by atoms with Gasteiger partial charge < -0.3 is 10.5 Å². The molecule has 1 aliphatic rings. The summed E-state index contributed by atoms with van der Waals surface area (Å²) in [6.45, 7) is 0. The third kappa shape index (κ3) is 3.02. The molecule has 1 aromatic rings. The van der Waals surface area contributed by atoms with Crippen LogP contribution < -0.4 is 10.5 Å². The van der Waals surface area contributed by atoms with Gasteiger partial charge in [-0.1, -0.05) is 25.7 Å². The van der Waals surface area contributed by atoms with Crippen molar-refractivity contribution >= 4 is 0 Å². The lowest BCUT2D eigenvalue weighted by atomic mass is 9.87. The predicted molar refractivity (Wildman–Crippen MR) is 71.1 cm³/mol. The molecule has 0 aromatic heterocycles. The van der Waals surface area contributed by atoms with Crippen molar-refractivity contribution in [2.45, 2.75) is 44.6 Å². The van der Waals surface area contributed by atoms with Crippen LogP contribution in [0.2, 0.25) is 0 Å². The summed E-state index contributed by atoms with van der Waals surface area (Å²) < 4.78 is 18.7. The minimum absolute atomic E-state index is 0.117. The Labute approximate surface area is 108 Å². The Bertz CT molecular complexity index is 386. The lowest BCUT2D eigenvalue weighted by Crippen LogP contribution is -2.22. The summed E-state index contributed by atoms with van der Waals surface area (Å²) in [6.07, 6.45) is 7.33. The summed E-state index contributed by atoms with van der Waals surface area (Å²) in [6, 6.07) is 4.49. The Morgan fingerprint density at radius 2 is 1.89 bits per heavy atom. The van der Waals surface area contributed by atoms with Crippen LogP contribution in [0.1, 0.15) is 50.1 Å². The molecule has 1 aromatic carbocycles. The molecular formula is C15H22FNO. The molecule has 18 heavy (non-hydrogen) atoms. The molecule has 2 N–H and O–H groups in total. The molecule has 0 amide bonds. The summed E-state index contributed by atoms with van der Waals surface area (Å²) in [5.74, 6) is 0.909. The van der Waals surface area contributed by atoms with Crippen molar-refractivity contribution in [3.63, 3.8) is 0 Å². The molecule has 1 fully saturated rings. The van der Waals surface area contributed by atoms with E-state index in [1.54, 1.807) is 13.2 Å². The molecule has 0 bridgehead atoms. The molecule has 0 spiro atoms. The van der Waals surface area contributed by atoms with Gasteiger partial charge in [0.25, 0.3) is 0 Å². The van der Waals surface area contributed by atoms with E-state index in [-0.39, 0.29) is 11.9 Å². The molecular weight excluding hydrogens is 229 g/mol. The number of ether oxygens (including phenoxy) is 1. The van der Waals surface area contributed by atoms with E-state index in [1.165, 1.54) is 37.8 Å². The highest BCUT2D eigenvalue weighted by molar-refractivity contribution is 5.36. The first-order valence-corrected chi connectivity index (χ1v) is 6.81. The van der Waals surface area contributed by atoms with Crippen molar-refractivity contribution in [1.29, 1.82) is 0 Å². The van der Waals surface area contributed by atoms with Crippen LogP contribution in [0.5, 0.6) is 5.75 Å². The first-order chi connectivity index (χ1) is 8.72. The summed E-state index contributed by atoms with van der Waals surface area (Å²) in [4.78, 5) is 0. The van der Waals surface area contributed by atoms with Gasteiger partial charge in [-0.15, -0.1) is 0 Å². The van der Waals surface area contributed by atoms with Crippen molar-refractivity contribution < 1.29 is 9.13 Å². The molecule has 100 valence electrons. The normalized spacial score (nSPS) is 19.3. The summed E-state index contributed by atoms with van der Waals surface area (Å²) in [7, 11) is 1.61. The van der Waals surface area contributed by atoms with E-state index in [0.29, 0.717) is 11.7 Å². The lowest BCUT2D eigenvalue weighted by Gasteiger charge is -2.24. The molecule has 1 saturated carbocycles. The Kier molecular flexibility index (Phi) is 4.59. The van der Waals surface area contributed by atoms with E-state index in [0.717, 1.165) is 18.4 Å². The molecule has 2 rings (SSSR count). The smallest absolute Gasteiger partial charge is 0.123 e. The predicted octanol–water partition coefficient (Wildman–Crippen LogP) is 3.80. The topological polar surface area (TPSA) is 35.2 Å². The number of rotatable bonds is 3. The van der Waals surface area contributed by atoms with Gasteiger partial charge in [0.1, 0.15) is 11.6 Å². The van der Waals surface area contributed by atoms with Crippen LogP contribution in [0, 0.1) is 11.7 Å². The zero-order valence-electron chi connectivity index (χ0n) is 11.0. The van der Waals surface area contributed by atoms with Crippen LogP contribution in [0.15, 0.2) is 18.2 Å². The van der Waals surface area contributed by atoms with Gasteiger partial charge in [-0.05, 0) is 37.0 Å². The number of halogens is 1. The summed E-state index contributed by atoms with van der Waals surface area (Å²) in [5.41, 5.74) is 7.15. The molecule has 1 aliphatic carbocycles. The zero-order chi connectivity index (χ0) is 13.0. The highest BCUT2D eigenvalue weighted by atomic mass is 19.1. The fourth-order valence-corrected chi connectivity index (χ4v) is 2.89. The Balaban J connectivity index is 2.20. The van der Waals surface area contributed by atoms with Gasteiger partial charge in [-0.3, -0.25) is 0 Å². The van der Waals surface area contributed by atoms with Gasteiger partial charge in [0, 0.05) is 11.6 Å². The highest BCUT2D eigenvalue weighted by Gasteiger charge is 2.23. The average molecular weight is 251 g/mol. The maximum atomic E-state index is 13.4. The largest absolute Gasteiger partial charge is 0.496 e. The van der Waals surface area contributed by atoms with Crippen LogP contribution in [-0.2, 0) is 0 Å². The van der Waals surface area contributed by atoms with Gasteiger partial charge in [0.15, 0.2) is 0 Å². The molecule has 0 heterocycles. The van der Waals surface area contributed by atoms with Crippen LogP contribution in [0.25, 0.3) is 0 Å². The van der Waals surface area contributed by atoms with Gasteiger partial charge >= 0.3 is 0 Å². The molecule has 3 heteroatoms. The third-order valence-corrected chi connectivity index (χ3v) is 3.96. The second kappa shape index (κ2) is 6.19. The quantitative estimate of drug-likeness (QED) is 0.829. The van der Waals surface area contributed by atoms with E-state index in [4.69, 9.17) is 10.5 Å². The second-order valence-electron chi connectivity index (χ2n) is 5.16. The summed E-state index contributed by atoms with van der Waals surface area (Å²) in [5, 5.41) is 0. The van der Waals surface area contributed by atoms with Crippen molar-refractivity contribution in [2.75, 3.05) is 7.11 Å². The van der Waals surface area contributed by atoms with Crippen LogP contribution in [0.3, 0.4) is 0 Å². The van der Waals surface area contributed by atoms with Gasteiger partial charge in [0.2, 0.25) is 0 Å². The fourth-order valence-electron chi connectivity index (χ4n) is 2.89. The Hall–Kier alpha value is -1.09. The average Bonchev–Trinajstić information content (AvgIpc) is 2.66. The van der Waals surface area contributed by atoms with E-state index in [9.17, 15) is 4.39 Å². The van der Waals surface area contributed by atoms with Crippen LogP contribution in [0.4, 0.5) is 4.39 Å². The number of nitrogens with two attached hydrogens (primary N) is 1. The highest BCUT2D eigenvalue weighted by Crippen LogP contribution is 2.35. The molecule has 0 saturated heterocycles. The monoisotopic (exact) mass is 251 g/mol. The van der Waals surface area contributed by atoms with Crippen LogP contribution >= 0.6 is 0 Å². The summed E-state index contributed by atoms with van der Waals surface area (Å²) >= 11 is 0. The van der Waals surface area contributed by atoms with Crippen molar-refractivity contribution in [2.24, 2.45) is 11.7 Å². The van der Waals surface area contributed by atoms with Crippen LogP contribution in [-0.4, -0.2) is 7.11 Å². The van der Waals surface area contributed by atoms with Gasteiger partial charge in [0.05, 0.1) is 7.11 Å². The third-order valence-electron chi connectivity index (χ3n) is 3.96. The molecule has 1 unspecified atom stereocenters. The molecule has 0 aliphatic heterocycles. The maximum absolute atomic E-state index is 13.4. The van der Waals surface area contributed by atoms with E-state index in [1.807, 2.05) is 0 Å². The minimum Gasteiger partial charge on any atom is -0.496 e. The minimum atomic E-state index is -0.241. The number of benzene rings is 1. The fraction of sp³-hybridized carbons (Fsp3) is 0.600. The van der Waals surface area contributed by atoms with Crippen molar-refractivity contribution in [3.05, 3.63) is 29.6 Å². The lowest BCUT2D eigenvalue weighted by molar-refractivity contribution is 0.357. The number of hydrogen-bond acceptors (Lipinski definition) is 2. The molecule has 0 radical (unpaired) electrons. The van der Waals surface area contributed by atoms with Crippen molar-refractivity contribution in [1.82, 2.24) is 0 Å². The van der Waals surface area contributed by atoms with Crippen molar-refractivity contribution in [3.8, 4) is 5.75 Å². The maximum Gasteiger partial charge on any atom is 0.123 e. The Morgan fingerprint density at radius 1 is 1.22 bits per heavy atom. The first kappa shape index (κ1) is 13.3. The van der Waals surface area contributed by atoms with Gasteiger partial charge in [-0.25, -0.2) is 4.39 Å². The Morgan fingerprint density at radius 3 is 2.50 bits per heavy atom. The second-order valence-corrected chi connectivity index (χ2v) is 5.16. The standard InChI is InChI=1S/C15H22FNO/c1-18-14-9-8-12(16)10-13(14)15(17)11-6-4-2-3-5-7-11/h8-11,15H,2-7,17H2,1H3.